The van der Waals surface area contributed by atoms with Crippen LogP contribution in [0.1, 0.15) is 10.4 Å². The van der Waals surface area contributed by atoms with Gasteiger partial charge in [-0.25, -0.2) is 9.18 Å². The number of nitrogens with zero attached hydrogens (tertiary/aromatic N) is 1. The monoisotopic (exact) mass is 277 g/mol. The molecule has 104 valence electrons. The zero-order valence-electron chi connectivity index (χ0n) is 10.5. The molecule has 20 heavy (non-hydrogen) atoms. The van der Waals surface area contributed by atoms with Crippen LogP contribution < -0.4 is 10.3 Å². The second-order valence-corrected chi connectivity index (χ2v) is 4.03. The van der Waals surface area contributed by atoms with E-state index in [9.17, 15) is 14.0 Å². The average molecular weight is 277 g/mol. The second-order valence-electron chi connectivity index (χ2n) is 4.03. The van der Waals surface area contributed by atoms with Gasteiger partial charge in [-0.15, -0.1) is 0 Å². The lowest BCUT2D eigenvalue weighted by atomic mass is 10.2. The predicted molar refractivity (Wildman–Crippen MR) is 69.6 cm³/mol. The summed E-state index contributed by atoms with van der Waals surface area (Å²) in [5.74, 6) is -1.83. The van der Waals surface area contributed by atoms with E-state index >= 15 is 0 Å². The molecule has 5 nitrogen and oxygen atoms in total. The molecule has 2 aromatic rings. The van der Waals surface area contributed by atoms with E-state index in [4.69, 9.17) is 9.84 Å². The molecule has 0 fully saturated rings. The van der Waals surface area contributed by atoms with E-state index in [2.05, 4.69) is 0 Å². The fraction of sp³-hybridized carbons (Fsp3) is 0.143. The maximum absolute atomic E-state index is 13.1. The third-order valence-electron chi connectivity index (χ3n) is 2.66. The summed E-state index contributed by atoms with van der Waals surface area (Å²) in [5.41, 5.74) is -0.305. The first-order chi connectivity index (χ1) is 9.58. The Bertz CT molecular complexity index is 681. The molecule has 2 rings (SSSR count). The first-order valence-corrected chi connectivity index (χ1v) is 5.89. The van der Waals surface area contributed by atoms with Gasteiger partial charge in [0.25, 0.3) is 5.56 Å². The van der Waals surface area contributed by atoms with Crippen molar-refractivity contribution in [3.63, 3.8) is 0 Å². The Morgan fingerprint density at radius 3 is 2.80 bits per heavy atom. The molecule has 0 unspecified atom stereocenters. The van der Waals surface area contributed by atoms with Crippen molar-refractivity contribution in [3.05, 3.63) is 64.3 Å². The van der Waals surface area contributed by atoms with Gasteiger partial charge in [-0.3, -0.25) is 4.79 Å². The van der Waals surface area contributed by atoms with E-state index in [0.717, 1.165) is 18.2 Å². The molecule has 0 aliphatic carbocycles. The lowest BCUT2D eigenvalue weighted by Gasteiger charge is -2.10. The van der Waals surface area contributed by atoms with E-state index in [1.165, 1.54) is 10.6 Å². The Hall–Kier alpha value is -2.63. The molecule has 0 spiro atoms. The van der Waals surface area contributed by atoms with Crippen molar-refractivity contribution < 1.29 is 19.0 Å². The minimum Gasteiger partial charge on any atom is -0.491 e. The predicted octanol–water partition coefficient (Wildman–Crippen LogP) is 1.76. The zero-order chi connectivity index (χ0) is 14.5. The van der Waals surface area contributed by atoms with Gasteiger partial charge in [-0.1, -0.05) is 6.07 Å². The van der Waals surface area contributed by atoms with Gasteiger partial charge in [-0.2, -0.15) is 0 Å². The molecule has 0 saturated heterocycles. The Balaban J connectivity index is 2.08. The van der Waals surface area contributed by atoms with Crippen LogP contribution in [0.15, 0.2) is 47.4 Å². The van der Waals surface area contributed by atoms with Gasteiger partial charge in [0.2, 0.25) is 0 Å². The summed E-state index contributed by atoms with van der Waals surface area (Å²) in [6.45, 7) is 0.308. The summed E-state index contributed by atoms with van der Waals surface area (Å²) < 4.78 is 19.8. The lowest BCUT2D eigenvalue weighted by Crippen LogP contribution is -2.21. The highest BCUT2D eigenvalue weighted by Crippen LogP contribution is 2.19. The highest BCUT2D eigenvalue weighted by molar-refractivity contribution is 5.90. The molecule has 0 radical (unpaired) electrons. The largest absolute Gasteiger partial charge is 0.491 e. The molecule has 1 heterocycles. The van der Waals surface area contributed by atoms with Crippen molar-refractivity contribution in [2.75, 3.05) is 6.61 Å². The number of aromatic nitrogens is 1. The molecule has 0 bridgehead atoms. The van der Waals surface area contributed by atoms with Crippen molar-refractivity contribution in [2.45, 2.75) is 6.54 Å². The maximum Gasteiger partial charge on any atom is 0.339 e. The molecular weight excluding hydrogens is 265 g/mol. The average Bonchev–Trinajstić information content (AvgIpc) is 2.41. The smallest absolute Gasteiger partial charge is 0.339 e. The molecular formula is C14H12FNO4. The Labute approximate surface area is 113 Å². The molecule has 0 saturated carbocycles. The number of hydrogen-bond acceptors (Lipinski definition) is 3. The number of halogens is 1. The van der Waals surface area contributed by atoms with Gasteiger partial charge in [0.05, 0.1) is 6.54 Å². The van der Waals surface area contributed by atoms with Crippen LogP contribution >= 0.6 is 0 Å². The SMILES string of the molecule is O=C(O)c1ccc(F)cc1OCCn1ccccc1=O. The number of pyridine rings is 1. The van der Waals surface area contributed by atoms with E-state index < -0.39 is 11.8 Å². The topological polar surface area (TPSA) is 68.5 Å². The molecule has 0 aliphatic rings. The van der Waals surface area contributed by atoms with E-state index in [-0.39, 0.29) is 30.0 Å². The number of carbonyl (C=O) groups is 1. The summed E-state index contributed by atoms with van der Waals surface area (Å²) in [6, 6.07) is 7.93. The van der Waals surface area contributed by atoms with Crippen LogP contribution in [0.2, 0.25) is 0 Å². The van der Waals surface area contributed by atoms with E-state index in [0.29, 0.717) is 0 Å². The van der Waals surface area contributed by atoms with Crippen molar-refractivity contribution in [1.29, 1.82) is 0 Å². The quantitative estimate of drug-likeness (QED) is 0.904. The maximum atomic E-state index is 13.1. The number of hydrogen-bond donors (Lipinski definition) is 1. The van der Waals surface area contributed by atoms with Gasteiger partial charge in [-0.05, 0) is 18.2 Å². The number of rotatable bonds is 5. The zero-order valence-corrected chi connectivity index (χ0v) is 10.5. The van der Waals surface area contributed by atoms with Crippen LogP contribution in [0, 0.1) is 5.82 Å². The van der Waals surface area contributed by atoms with Crippen LogP contribution in [0.4, 0.5) is 4.39 Å². The molecule has 0 aliphatic heterocycles. The van der Waals surface area contributed by atoms with Crippen LogP contribution in [0.3, 0.4) is 0 Å². The summed E-state index contributed by atoms with van der Waals surface area (Å²) in [7, 11) is 0. The molecule has 1 aromatic carbocycles. The van der Waals surface area contributed by atoms with Crippen LogP contribution in [0.5, 0.6) is 5.75 Å². The van der Waals surface area contributed by atoms with Crippen molar-refractivity contribution in [2.24, 2.45) is 0 Å². The fourth-order valence-corrected chi connectivity index (χ4v) is 1.69. The Kier molecular flexibility index (Phi) is 4.14. The molecule has 1 aromatic heterocycles. The number of ether oxygens (including phenoxy) is 1. The summed E-state index contributed by atoms with van der Waals surface area (Å²) in [6.07, 6.45) is 1.59. The van der Waals surface area contributed by atoms with Crippen LogP contribution in [0.25, 0.3) is 0 Å². The van der Waals surface area contributed by atoms with Crippen LogP contribution in [-0.4, -0.2) is 22.2 Å². The first-order valence-electron chi connectivity index (χ1n) is 5.89. The number of carboxylic acid groups (broad SMARTS) is 1. The third kappa shape index (κ3) is 3.23. The fourth-order valence-electron chi connectivity index (χ4n) is 1.69. The van der Waals surface area contributed by atoms with Gasteiger partial charge in [0, 0.05) is 18.3 Å². The lowest BCUT2D eigenvalue weighted by molar-refractivity contribution is 0.0692. The van der Waals surface area contributed by atoms with Gasteiger partial charge in [0.15, 0.2) is 0 Å². The minimum absolute atomic E-state index is 0.0542. The Morgan fingerprint density at radius 2 is 2.10 bits per heavy atom. The number of benzene rings is 1. The molecule has 0 amide bonds. The van der Waals surface area contributed by atoms with Crippen molar-refractivity contribution in [1.82, 2.24) is 4.57 Å². The van der Waals surface area contributed by atoms with Gasteiger partial charge in [0.1, 0.15) is 23.7 Å². The second kappa shape index (κ2) is 6.01. The standard InChI is InChI=1S/C14H12FNO4/c15-10-4-5-11(14(18)19)12(9-10)20-8-7-16-6-2-1-3-13(16)17/h1-6,9H,7-8H2,(H,18,19). The number of aromatic carboxylic acids is 1. The molecule has 6 heteroatoms. The Morgan fingerprint density at radius 1 is 1.30 bits per heavy atom. The normalized spacial score (nSPS) is 10.2. The highest BCUT2D eigenvalue weighted by Gasteiger charge is 2.12. The van der Waals surface area contributed by atoms with E-state index in [1.54, 1.807) is 18.3 Å². The summed E-state index contributed by atoms with van der Waals surface area (Å²) >= 11 is 0. The molecule has 1 N–H and O–H groups in total. The summed E-state index contributed by atoms with van der Waals surface area (Å²) in [5, 5.41) is 8.96. The van der Waals surface area contributed by atoms with E-state index in [1.807, 2.05) is 0 Å². The van der Waals surface area contributed by atoms with Gasteiger partial charge >= 0.3 is 5.97 Å². The van der Waals surface area contributed by atoms with Crippen molar-refractivity contribution >= 4 is 5.97 Å². The first kappa shape index (κ1) is 13.8. The summed E-state index contributed by atoms with van der Waals surface area (Å²) in [4.78, 5) is 22.4. The van der Waals surface area contributed by atoms with Gasteiger partial charge < -0.3 is 14.4 Å². The third-order valence-corrected chi connectivity index (χ3v) is 2.66. The van der Waals surface area contributed by atoms with Crippen molar-refractivity contribution in [3.8, 4) is 5.75 Å². The molecule has 0 atom stereocenters. The van der Waals surface area contributed by atoms with Crippen LogP contribution in [-0.2, 0) is 6.54 Å². The highest BCUT2D eigenvalue weighted by atomic mass is 19.1. The minimum atomic E-state index is -1.20. The number of carboxylic acids is 1.